The molecular weight excluding hydrogens is 406 g/mol. The van der Waals surface area contributed by atoms with Gasteiger partial charge in [0.1, 0.15) is 6.17 Å². The monoisotopic (exact) mass is 434 g/mol. The van der Waals surface area contributed by atoms with Gasteiger partial charge in [0.05, 0.1) is 6.10 Å². The van der Waals surface area contributed by atoms with Gasteiger partial charge in [-0.2, -0.15) is 0 Å². The highest BCUT2D eigenvalue weighted by molar-refractivity contribution is 6.01. The van der Waals surface area contributed by atoms with Crippen molar-refractivity contribution in [1.29, 1.82) is 0 Å². The molecule has 0 unspecified atom stereocenters. The predicted molar refractivity (Wildman–Crippen MR) is 108 cm³/mol. The molecule has 1 N–H and O–H groups in total. The van der Waals surface area contributed by atoms with Crippen LogP contribution < -0.4 is 0 Å². The number of allylic oxidation sites excluding steroid dienone is 5. The number of hydrogen-bond donors (Lipinski definition) is 1. The molecule has 0 spiro atoms. The van der Waals surface area contributed by atoms with Crippen LogP contribution in [0.25, 0.3) is 0 Å². The van der Waals surface area contributed by atoms with Crippen LogP contribution in [0.3, 0.4) is 0 Å². The number of ether oxygens (including phenoxy) is 1. The standard InChI is InChI=1S/C24H28F2O5/c1-13(27)31-12-18(29)15-6-8-22(3)19-10-17(25)16-9-14(28)5-7-21(16,2)24(19,26)20(30)11-23(15,22)4/h5-7,9,17,19-20,30H,8,10-12H2,1-4H3/t17-,19-,20-,21-,22-,23+,24-/m0/s1. The lowest BCUT2D eigenvalue weighted by molar-refractivity contribution is -0.222. The summed E-state index contributed by atoms with van der Waals surface area (Å²) in [6, 6.07) is 0. The van der Waals surface area contributed by atoms with Gasteiger partial charge in [0.15, 0.2) is 23.8 Å². The van der Waals surface area contributed by atoms with Gasteiger partial charge in [-0.05, 0) is 49.3 Å². The Kier molecular flexibility index (Phi) is 4.75. The third kappa shape index (κ3) is 2.65. The SMILES string of the molecule is CC(=O)OCC(=O)C1=CC[C@@]2(C)[C@@H]3C[C@H](F)C4=CC(=O)C=C[C@]4(C)[C@@]3(F)[C@@H](O)C[C@]12C. The normalized spacial score (nSPS) is 45.8. The molecular formula is C24H28F2O5. The molecule has 0 radical (unpaired) electrons. The summed E-state index contributed by atoms with van der Waals surface area (Å²) in [6.45, 7) is 5.99. The zero-order chi connectivity index (χ0) is 23.0. The quantitative estimate of drug-likeness (QED) is 0.689. The highest BCUT2D eigenvalue weighted by Gasteiger charge is 2.74. The first-order valence-electron chi connectivity index (χ1n) is 10.6. The van der Waals surface area contributed by atoms with Gasteiger partial charge >= 0.3 is 5.97 Å². The Bertz CT molecular complexity index is 967. The number of fused-ring (bicyclic) bond motifs is 5. The summed E-state index contributed by atoms with van der Waals surface area (Å²) in [6.07, 6.45) is 2.65. The Balaban J connectivity index is 1.78. The highest BCUT2D eigenvalue weighted by atomic mass is 19.1. The lowest BCUT2D eigenvalue weighted by Crippen LogP contribution is -2.70. The van der Waals surface area contributed by atoms with Crippen LogP contribution in [0.1, 0.15) is 47.0 Å². The van der Waals surface area contributed by atoms with E-state index < -0.39 is 52.7 Å². The fourth-order valence-electron chi connectivity index (χ4n) is 6.77. The first-order valence-corrected chi connectivity index (χ1v) is 10.6. The lowest BCUT2D eigenvalue weighted by atomic mass is 9.40. The summed E-state index contributed by atoms with van der Waals surface area (Å²) in [5.41, 5.74) is -4.94. The van der Waals surface area contributed by atoms with E-state index in [4.69, 9.17) is 4.74 Å². The van der Waals surface area contributed by atoms with Gasteiger partial charge in [-0.3, -0.25) is 14.4 Å². The predicted octanol–water partition coefficient (Wildman–Crippen LogP) is 3.36. The van der Waals surface area contributed by atoms with E-state index in [1.54, 1.807) is 13.0 Å². The number of hydrogen-bond acceptors (Lipinski definition) is 5. The lowest BCUT2D eigenvalue weighted by Gasteiger charge is -2.66. The molecule has 0 aromatic rings. The van der Waals surface area contributed by atoms with Crippen molar-refractivity contribution < 1.29 is 33.0 Å². The van der Waals surface area contributed by atoms with E-state index in [1.807, 2.05) is 13.8 Å². The van der Waals surface area contributed by atoms with E-state index in [2.05, 4.69) is 0 Å². The summed E-state index contributed by atoms with van der Waals surface area (Å²) in [5, 5.41) is 11.2. The fourth-order valence-corrected chi connectivity index (χ4v) is 6.77. The fraction of sp³-hybridized carbons (Fsp3) is 0.625. The maximum Gasteiger partial charge on any atom is 0.303 e. The zero-order valence-corrected chi connectivity index (χ0v) is 18.2. The maximum atomic E-state index is 17.1. The van der Waals surface area contributed by atoms with Gasteiger partial charge < -0.3 is 9.84 Å². The van der Waals surface area contributed by atoms with E-state index in [0.717, 1.165) is 6.08 Å². The molecule has 0 amide bonds. The van der Waals surface area contributed by atoms with Gasteiger partial charge in [-0.1, -0.05) is 26.0 Å². The molecule has 0 aromatic carbocycles. The molecule has 5 nitrogen and oxygen atoms in total. The number of halogens is 2. The molecule has 0 aromatic heterocycles. The number of ketones is 2. The van der Waals surface area contributed by atoms with Gasteiger partial charge in [-0.25, -0.2) is 8.78 Å². The number of aliphatic hydroxyl groups excluding tert-OH is 1. The molecule has 4 aliphatic rings. The number of carbonyl (C=O) groups excluding carboxylic acids is 3. The van der Waals surface area contributed by atoms with Crippen LogP contribution in [0.5, 0.6) is 0 Å². The first-order chi connectivity index (χ1) is 14.3. The van der Waals surface area contributed by atoms with Gasteiger partial charge in [0.2, 0.25) is 0 Å². The summed E-state index contributed by atoms with van der Waals surface area (Å²) in [4.78, 5) is 35.9. The molecule has 0 saturated heterocycles. The minimum atomic E-state index is -2.20. The number of esters is 1. The summed E-state index contributed by atoms with van der Waals surface area (Å²) in [7, 11) is 0. The third-order valence-electron chi connectivity index (χ3n) is 8.71. The Morgan fingerprint density at radius 1 is 1.29 bits per heavy atom. The van der Waals surface area contributed by atoms with E-state index >= 15 is 8.78 Å². The molecule has 7 atom stereocenters. The average molecular weight is 434 g/mol. The molecule has 0 bridgehead atoms. The van der Waals surface area contributed by atoms with Gasteiger partial charge in [0.25, 0.3) is 0 Å². The van der Waals surface area contributed by atoms with Crippen molar-refractivity contribution in [3.05, 3.63) is 35.5 Å². The van der Waals surface area contributed by atoms with Crippen molar-refractivity contribution in [2.24, 2.45) is 22.2 Å². The topological polar surface area (TPSA) is 80.7 Å². The zero-order valence-electron chi connectivity index (χ0n) is 18.2. The molecule has 2 fully saturated rings. The van der Waals surface area contributed by atoms with Crippen molar-refractivity contribution in [3.8, 4) is 0 Å². The number of aliphatic hydroxyl groups is 1. The third-order valence-corrected chi connectivity index (χ3v) is 8.71. The number of rotatable bonds is 3. The Morgan fingerprint density at radius 3 is 2.61 bits per heavy atom. The smallest absolute Gasteiger partial charge is 0.303 e. The molecule has 2 saturated carbocycles. The minimum Gasteiger partial charge on any atom is -0.457 e. The van der Waals surface area contributed by atoms with Gasteiger partial charge in [-0.15, -0.1) is 0 Å². The van der Waals surface area contributed by atoms with Crippen molar-refractivity contribution in [1.82, 2.24) is 0 Å². The van der Waals surface area contributed by atoms with Crippen LogP contribution in [0, 0.1) is 22.2 Å². The molecule has 168 valence electrons. The highest BCUT2D eigenvalue weighted by Crippen LogP contribution is 2.72. The number of alkyl halides is 2. The van der Waals surface area contributed by atoms with Crippen LogP contribution in [0.2, 0.25) is 0 Å². The van der Waals surface area contributed by atoms with E-state index in [-0.39, 0.29) is 30.0 Å². The Morgan fingerprint density at radius 2 is 1.97 bits per heavy atom. The molecule has 31 heavy (non-hydrogen) atoms. The molecule has 0 heterocycles. The van der Waals surface area contributed by atoms with Crippen LogP contribution in [0.4, 0.5) is 8.78 Å². The van der Waals surface area contributed by atoms with Crippen LogP contribution in [-0.4, -0.2) is 47.2 Å². The maximum absolute atomic E-state index is 17.1. The van der Waals surface area contributed by atoms with E-state index in [1.165, 1.54) is 19.1 Å². The second kappa shape index (κ2) is 6.67. The summed E-state index contributed by atoms with van der Waals surface area (Å²) >= 11 is 0. The average Bonchev–Trinajstić information content (AvgIpc) is 2.95. The molecule has 4 aliphatic carbocycles. The van der Waals surface area contributed by atoms with E-state index in [0.29, 0.717) is 12.0 Å². The van der Waals surface area contributed by atoms with E-state index in [9.17, 15) is 19.5 Å². The number of carbonyl (C=O) groups is 3. The molecule has 7 heteroatoms. The Hall–Kier alpha value is -2.15. The van der Waals surface area contributed by atoms with Gasteiger partial charge in [0, 0.05) is 29.2 Å². The second-order valence-electron chi connectivity index (χ2n) is 10.1. The first kappa shape index (κ1) is 22.1. The van der Waals surface area contributed by atoms with Crippen molar-refractivity contribution in [2.75, 3.05) is 6.61 Å². The second-order valence-corrected chi connectivity index (χ2v) is 10.1. The van der Waals surface area contributed by atoms with Crippen molar-refractivity contribution >= 4 is 17.5 Å². The molecule has 4 rings (SSSR count). The minimum absolute atomic E-state index is 0.0320. The van der Waals surface area contributed by atoms with Crippen LogP contribution in [-0.2, 0) is 19.1 Å². The van der Waals surface area contributed by atoms with Crippen molar-refractivity contribution in [2.45, 2.75) is 64.9 Å². The largest absolute Gasteiger partial charge is 0.457 e. The summed E-state index contributed by atoms with van der Waals surface area (Å²) in [5.74, 6) is -2.24. The van der Waals surface area contributed by atoms with Crippen LogP contribution in [0.15, 0.2) is 35.5 Å². The number of Topliss-reactive ketones (excluding diaryl/α,β-unsaturated/α-hetero) is 1. The molecule has 0 aliphatic heterocycles. The van der Waals surface area contributed by atoms with Crippen LogP contribution >= 0.6 is 0 Å². The van der Waals surface area contributed by atoms with Crippen molar-refractivity contribution in [3.63, 3.8) is 0 Å². The summed E-state index contributed by atoms with van der Waals surface area (Å²) < 4.78 is 37.3. The Labute approximate surface area is 180 Å².